The van der Waals surface area contributed by atoms with Gasteiger partial charge in [-0.1, -0.05) is 19.9 Å². The molecule has 0 spiro atoms. The van der Waals surface area contributed by atoms with Gasteiger partial charge in [-0.3, -0.25) is 9.59 Å². The van der Waals surface area contributed by atoms with Crippen molar-refractivity contribution in [3.8, 4) is 0 Å². The molecule has 1 aliphatic heterocycles. The van der Waals surface area contributed by atoms with Crippen molar-refractivity contribution in [3.63, 3.8) is 0 Å². The average Bonchev–Trinajstić information content (AvgIpc) is 3.19. The maximum absolute atomic E-state index is 12.3. The Morgan fingerprint density at radius 3 is 2.15 bits per heavy atom. The lowest BCUT2D eigenvalue weighted by Gasteiger charge is -2.35. The highest BCUT2D eigenvalue weighted by atomic mass is 32.1. The van der Waals surface area contributed by atoms with Crippen molar-refractivity contribution in [1.82, 2.24) is 14.7 Å². The van der Waals surface area contributed by atoms with E-state index in [1.165, 1.54) is 4.88 Å². The number of hydrogen-bond donors (Lipinski definition) is 0. The molecule has 0 atom stereocenters. The summed E-state index contributed by atoms with van der Waals surface area (Å²) >= 11 is 1.79. The van der Waals surface area contributed by atoms with Gasteiger partial charge in [0.2, 0.25) is 11.8 Å². The number of hydrogen-bond acceptors (Lipinski definition) is 4. The molecule has 2 amide bonds. The van der Waals surface area contributed by atoms with E-state index in [0.717, 1.165) is 38.9 Å². The molecule has 0 bridgehead atoms. The molecule has 1 aromatic rings. The molecule has 26 heavy (non-hydrogen) atoms. The predicted octanol–water partition coefficient (Wildman–Crippen LogP) is 2.86. The highest BCUT2D eigenvalue weighted by Gasteiger charge is 2.23. The van der Waals surface area contributed by atoms with Crippen molar-refractivity contribution in [2.45, 2.75) is 46.0 Å². The van der Waals surface area contributed by atoms with E-state index in [2.05, 4.69) is 36.3 Å². The molecular formula is C20H33N3O2S. The monoisotopic (exact) mass is 379 g/mol. The number of unbranched alkanes of at least 4 members (excludes halogenated alkanes) is 1. The quantitative estimate of drug-likeness (QED) is 0.587. The van der Waals surface area contributed by atoms with E-state index in [4.69, 9.17) is 0 Å². The van der Waals surface area contributed by atoms with E-state index in [1.54, 1.807) is 11.3 Å². The van der Waals surface area contributed by atoms with Gasteiger partial charge in [0.15, 0.2) is 0 Å². The number of carbonyl (C=O) groups excluding carboxylic acids is 2. The van der Waals surface area contributed by atoms with Crippen LogP contribution < -0.4 is 0 Å². The normalized spacial score (nSPS) is 14.9. The van der Waals surface area contributed by atoms with Crippen LogP contribution in [-0.2, 0) is 16.0 Å². The summed E-state index contributed by atoms with van der Waals surface area (Å²) in [6.07, 6.45) is 4.29. The van der Waals surface area contributed by atoms with Gasteiger partial charge in [-0.2, -0.15) is 0 Å². The van der Waals surface area contributed by atoms with E-state index in [1.807, 2.05) is 9.80 Å². The van der Waals surface area contributed by atoms with Gasteiger partial charge in [-0.05, 0) is 43.8 Å². The molecule has 0 unspecified atom stereocenters. The molecule has 146 valence electrons. The van der Waals surface area contributed by atoms with E-state index in [-0.39, 0.29) is 11.8 Å². The van der Waals surface area contributed by atoms with E-state index in [0.29, 0.717) is 39.0 Å². The Morgan fingerprint density at radius 1 is 1.00 bits per heavy atom. The first-order valence-electron chi connectivity index (χ1n) is 9.94. The second kappa shape index (κ2) is 11.3. The highest BCUT2D eigenvalue weighted by molar-refractivity contribution is 7.09. The zero-order valence-corrected chi connectivity index (χ0v) is 17.1. The van der Waals surface area contributed by atoms with Crippen molar-refractivity contribution in [2.24, 2.45) is 0 Å². The van der Waals surface area contributed by atoms with Crippen LogP contribution in [0, 0.1) is 0 Å². The van der Waals surface area contributed by atoms with Crippen LogP contribution in [0.15, 0.2) is 17.5 Å². The topological polar surface area (TPSA) is 43.9 Å². The smallest absolute Gasteiger partial charge is 0.223 e. The molecule has 1 fully saturated rings. The zero-order chi connectivity index (χ0) is 18.8. The van der Waals surface area contributed by atoms with E-state index in [9.17, 15) is 9.59 Å². The Morgan fingerprint density at radius 2 is 1.62 bits per heavy atom. The SMILES string of the molecule is CCN(CC)CCC(=O)N1CCN(C(=O)CCCCc2cccs2)CC1. The van der Waals surface area contributed by atoms with Crippen LogP contribution in [0.25, 0.3) is 0 Å². The molecule has 0 aromatic carbocycles. The van der Waals surface area contributed by atoms with Crippen LogP contribution in [0.1, 0.15) is 44.4 Å². The summed E-state index contributed by atoms with van der Waals surface area (Å²) in [6.45, 7) is 9.77. The lowest BCUT2D eigenvalue weighted by Crippen LogP contribution is -2.51. The van der Waals surface area contributed by atoms with E-state index >= 15 is 0 Å². The standard InChI is InChI=1S/C20H33N3O2S/c1-3-21(4-2)12-11-20(25)23-15-13-22(14-16-23)19(24)10-6-5-8-18-9-7-17-26-18/h7,9,17H,3-6,8,10-16H2,1-2H3. The minimum atomic E-state index is 0.222. The van der Waals surface area contributed by atoms with Crippen LogP contribution in [0.4, 0.5) is 0 Å². The van der Waals surface area contributed by atoms with Gasteiger partial charge < -0.3 is 14.7 Å². The van der Waals surface area contributed by atoms with Gasteiger partial charge in [0.25, 0.3) is 0 Å². The Labute approximate surface area is 162 Å². The molecule has 5 nitrogen and oxygen atoms in total. The maximum atomic E-state index is 12.3. The Bertz CT molecular complexity index is 535. The van der Waals surface area contributed by atoms with Crippen LogP contribution in [0.5, 0.6) is 0 Å². The fraction of sp³-hybridized carbons (Fsp3) is 0.700. The number of amides is 2. The lowest BCUT2D eigenvalue weighted by atomic mass is 10.1. The van der Waals surface area contributed by atoms with Crippen molar-refractivity contribution in [1.29, 1.82) is 0 Å². The van der Waals surface area contributed by atoms with Gasteiger partial charge in [-0.15, -0.1) is 11.3 Å². The number of piperazine rings is 1. The molecule has 6 heteroatoms. The van der Waals surface area contributed by atoms with Crippen LogP contribution in [-0.4, -0.2) is 72.3 Å². The molecule has 1 saturated heterocycles. The van der Waals surface area contributed by atoms with Gasteiger partial charge in [-0.25, -0.2) is 0 Å². The third-order valence-corrected chi connectivity index (χ3v) is 6.10. The van der Waals surface area contributed by atoms with Crippen molar-refractivity contribution >= 4 is 23.2 Å². The summed E-state index contributed by atoms with van der Waals surface area (Å²) in [4.78, 5) is 32.2. The lowest BCUT2D eigenvalue weighted by molar-refractivity contribution is -0.139. The molecule has 0 aliphatic carbocycles. The summed E-state index contributed by atoms with van der Waals surface area (Å²) < 4.78 is 0. The maximum Gasteiger partial charge on any atom is 0.223 e. The Kier molecular flexibility index (Phi) is 9.12. The summed E-state index contributed by atoms with van der Waals surface area (Å²) in [6, 6.07) is 4.23. The van der Waals surface area contributed by atoms with Crippen LogP contribution in [0.2, 0.25) is 0 Å². The van der Waals surface area contributed by atoms with E-state index < -0.39 is 0 Å². The van der Waals surface area contributed by atoms with Gasteiger partial charge >= 0.3 is 0 Å². The van der Waals surface area contributed by atoms with Gasteiger partial charge in [0.05, 0.1) is 0 Å². The average molecular weight is 380 g/mol. The summed E-state index contributed by atoms with van der Waals surface area (Å²) in [5.74, 6) is 0.464. The molecule has 1 aliphatic rings. The summed E-state index contributed by atoms with van der Waals surface area (Å²) in [7, 11) is 0. The van der Waals surface area contributed by atoms with Gasteiger partial charge in [0.1, 0.15) is 0 Å². The number of thiophene rings is 1. The van der Waals surface area contributed by atoms with Crippen molar-refractivity contribution in [2.75, 3.05) is 45.8 Å². The molecule has 0 radical (unpaired) electrons. The first-order valence-corrected chi connectivity index (χ1v) is 10.8. The minimum Gasteiger partial charge on any atom is -0.339 e. The number of carbonyl (C=O) groups is 2. The molecule has 0 saturated carbocycles. The Balaban J connectivity index is 1.60. The molecule has 0 N–H and O–H groups in total. The van der Waals surface area contributed by atoms with Gasteiger partial charge in [0, 0.05) is 50.4 Å². The first kappa shape index (κ1) is 20.9. The predicted molar refractivity (Wildman–Crippen MR) is 107 cm³/mol. The first-order chi connectivity index (χ1) is 12.6. The van der Waals surface area contributed by atoms with Crippen molar-refractivity contribution in [3.05, 3.63) is 22.4 Å². The molecular weight excluding hydrogens is 346 g/mol. The second-order valence-electron chi connectivity index (χ2n) is 6.82. The third kappa shape index (κ3) is 6.72. The Hall–Kier alpha value is -1.40. The fourth-order valence-corrected chi connectivity index (χ4v) is 4.10. The molecule has 2 heterocycles. The minimum absolute atomic E-state index is 0.222. The summed E-state index contributed by atoms with van der Waals surface area (Å²) in [5, 5.41) is 2.10. The zero-order valence-electron chi connectivity index (χ0n) is 16.3. The number of nitrogens with zero attached hydrogens (tertiary/aromatic N) is 3. The summed E-state index contributed by atoms with van der Waals surface area (Å²) in [5.41, 5.74) is 0. The van der Waals surface area contributed by atoms with Crippen LogP contribution >= 0.6 is 11.3 Å². The molecule has 1 aromatic heterocycles. The van der Waals surface area contributed by atoms with Crippen LogP contribution in [0.3, 0.4) is 0 Å². The number of rotatable bonds is 10. The second-order valence-corrected chi connectivity index (χ2v) is 7.86. The fourth-order valence-electron chi connectivity index (χ4n) is 3.35. The largest absolute Gasteiger partial charge is 0.339 e. The number of aryl methyl sites for hydroxylation is 1. The molecule has 2 rings (SSSR count). The van der Waals surface area contributed by atoms with Crippen molar-refractivity contribution < 1.29 is 9.59 Å². The highest BCUT2D eigenvalue weighted by Crippen LogP contribution is 2.14. The third-order valence-electron chi connectivity index (χ3n) is 5.17.